The summed E-state index contributed by atoms with van der Waals surface area (Å²) in [5, 5.41) is 23.8. The Kier molecular flexibility index (Phi) is 5.75. The average Bonchev–Trinajstić information content (AvgIpc) is 3.25. The molecule has 0 radical (unpaired) electrons. The maximum atomic E-state index is 13.4. The maximum Gasteiger partial charge on any atom is 0.257 e. The monoisotopic (exact) mass is 429 g/mol. The SMILES string of the molecule is N#Cc1ccc(CCN2CC3[C@H](C2)[C@H]3NC(=O)C(O)(c2ccccc2)C2CCCC2)cc1. The van der Waals surface area contributed by atoms with Crippen LogP contribution in [0.2, 0.25) is 0 Å². The molecule has 2 aromatic rings. The van der Waals surface area contributed by atoms with Crippen molar-refractivity contribution in [2.24, 2.45) is 17.8 Å². The van der Waals surface area contributed by atoms with Crippen molar-refractivity contribution < 1.29 is 9.90 Å². The Morgan fingerprint density at radius 3 is 2.34 bits per heavy atom. The first-order chi connectivity index (χ1) is 15.6. The Hall–Kier alpha value is -2.68. The van der Waals surface area contributed by atoms with Crippen molar-refractivity contribution >= 4 is 5.91 Å². The molecule has 5 nitrogen and oxygen atoms in total. The van der Waals surface area contributed by atoms with Crippen LogP contribution in [0.15, 0.2) is 54.6 Å². The van der Waals surface area contributed by atoms with Crippen LogP contribution in [0, 0.1) is 29.1 Å². The van der Waals surface area contributed by atoms with Gasteiger partial charge in [0.25, 0.3) is 5.91 Å². The van der Waals surface area contributed by atoms with E-state index in [0.29, 0.717) is 17.4 Å². The fourth-order valence-corrected chi connectivity index (χ4v) is 5.89. The van der Waals surface area contributed by atoms with Gasteiger partial charge in [-0.05, 0) is 54.4 Å². The molecule has 166 valence electrons. The number of fused-ring (bicyclic) bond motifs is 1. The second-order valence-electron chi connectivity index (χ2n) is 9.76. The van der Waals surface area contributed by atoms with Gasteiger partial charge in [-0.2, -0.15) is 5.26 Å². The number of nitriles is 1. The van der Waals surface area contributed by atoms with Crippen LogP contribution in [0.1, 0.15) is 42.4 Å². The zero-order valence-corrected chi connectivity index (χ0v) is 18.4. The molecular formula is C27H31N3O2. The highest BCUT2D eigenvalue weighted by atomic mass is 16.3. The van der Waals surface area contributed by atoms with E-state index >= 15 is 0 Å². The molecule has 0 bridgehead atoms. The molecule has 2 saturated carbocycles. The number of carbonyl (C=O) groups is 1. The number of benzene rings is 2. The zero-order valence-electron chi connectivity index (χ0n) is 18.4. The fourth-order valence-electron chi connectivity index (χ4n) is 5.89. The van der Waals surface area contributed by atoms with Crippen LogP contribution >= 0.6 is 0 Å². The first-order valence-corrected chi connectivity index (χ1v) is 11.9. The molecule has 3 aliphatic rings. The highest BCUT2D eigenvalue weighted by Gasteiger charge is 2.58. The molecule has 1 saturated heterocycles. The van der Waals surface area contributed by atoms with E-state index in [1.54, 1.807) is 0 Å². The minimum atomic E-state index is -1.43. The van der Waals surface area contributed by atoms with Crippen LogP contribution in [-0.2, 0) is 16.8 Å². The topological polar surface area (TPSA) is 76.4 Å². The number of amides is 1. The summed E-state index contributed by atoms with van der Waals surface area (Å²) in [5.74, 6) is 0.763. The minimum Gasteiger partial charge on any atom is -0.375 e. The molecule has 4 atom stereocenters. The average molecular weight is 430 g/mol. The number of nitrogens with one attached hydrogen (secondary N) is 1. The molecule has 2 aromatic carbocycles. The summed E-state index contributed by atoms with van der Waals surface area (Å²) in [5.41, 5.74) is 1.24. The Balaban J connectivity index is 1.16. The Labute approximate surface area is 190 Å². The summed E-state index contributed by atoms with van der Waals surface area (Å²) in [4.78, 5) is 15.8. The standard InChI is InChI=1S/C27H31N3O2/c28-16-20-12-10-19(11-13-20)14-15-30-17-23-24(18-30)25(23)29-26(31)27(32,22-8-4-5-9-22)21-6-2-1-3-7-21/h1-3,6-7,10-13,22-25,32H,4-5,8-9,14-15,17-18H2,(H,29,31)/t23-,24?,25+,27?/m0/s1. The van der Waals surface area contributed by atoms with Gasteiger partial charge in [-0.15, -0.1) is 0 Å². The normalized spacial score (nSPS) is 26.8. The minimum absolute atomic E-state index is 0.00703. The van der Waals surface area contributed by atoms with Crippen molar-refractivity contribution in [1.82, 2.24) is 10.2 Å². The van der Waals surface area contributed by atoms with Gasteiger partial charge in [0.15, 0.2) is 5.60 Å². The third kappa shape index (κ3) is 3.94. The first kappa shape index (κ1) is 21.2. The predicted molar refractivity (Wildman–Crippen MR) is 123 cm³/mol. The molecule has 0 spiro atoms. The molecule has 1 aliphatic heterocycles. The smallest absolute Gasteiger partial charge is 0.257 e. The van der Waals surface area contributed by atoms with Crippen LogP contribution in [0.5, 0.6) is 0 Å². The Bertz CT molecular complexity index is 982. The lowest BCUT2D eigenvalue weighted by atomic mass is 9.79. The first-order valence-electron chi connectivity index (χ1n) is 11.9. The highest BCUT2D eigenvalue weighted by molar-refractivity contribution is 5.87. The van der Waals surface area contributed by atoms with Crippen LogP contribution < -0.4 is 5.32 Å². The molecule has 5 heteroatoms. The third-order valence-electron chi connectivity index (χ3n) is 7.87. The van der Waals surface area contributed by atoms with Crippen molar-refractivity contribution in [2.45, 2.75) is 43.7 Å². The van der Waals surface area contributed by atoms with Crippen LogP contribution in [0.3, 0.4) is 0 Å². The number of aliphatic hydroxyl groups is 1. The van der Waals surface area contributed by atoms with Crippen LogP contribution in [-0.4, -0.2) is 41.6 Å². The molecule has 5 rings (SSSR count). The number of rotatable bonds is 7. The number of piperidine rings is 1. The van der Waals surface area contributed by atoms with Gasteiger partial charge in [0.1, 0.15) is 0 Å². The molecular weight excluding hydrogens is 398 g/mol. The van der Waals surface area contributed by atoms with Gasteiger partial charge in [0.05, 0.1) is 11.6 Å². The Morgan fingerprint density at radius 1 is 1.06 bits per heavy atom. The molecule has 3 fully saturated rings. The fraction of sp³-hybridized carbons (Fsp3) is 0.481. The number of likely N-dealkylation sites (tertiary alicyclic amines) is 1. The van der Waals surface area contributed by atoms with Crippen molar-refractivity contribution in [2.75, 3.05) is 19.6 Å². The number of hydrogen-bond donors (Lipinski definition) is 2. The number of hydrogen-bond acceptors (Lipinski definition) is 4. The van der Waals surface area contributed by atoms with E-state index in [1.165, 1.54) is 5.56 Å². The van der Waals surface area contributed by atoms with Crippen LogP contribution in [0.4, 0.5) is 0 Å². The summed E-state index contributed by atoms with van der Waals surface area (Å²) in [6.45, 7) is 2.99. The second kappa shape index (κ2) is 8.69. The van der Waals surface area contributed by atoms with E-state index < -0.39 is 5.60 Å². The van der Waals surface area contributed by atoms with E-state index in [2.05, 4.69) is 16.3 Å². The van der Waals surface area contributed by atoms with E-state index in [-0.39, 0.29) is 17.9 Å². The summed E-state index contributed by atoms with van der Waals surface area (Å²) in [6.07, 6.45) is 4.93. The predicted octanol–water partition coefficient (Wildman–Crippen LogP) is 3.23. The van der Waals surface area contributed by atoms with Crippen molar-refractivity contribution in [3.05, 3.63) is 71.3 Å². The molecule has 0 aromatic heterocycles. The quantitative estimate of drug-likeness (QED) is 0.709. The molecule has 32 heavy (non-hydrogen) atoms. The van der Waals surface area contributed by atoms with Gasteiger partial charge >= 0.3 is 0 Å². The van der Waals surface area contributed by atoms with E-state index in [9.17, 15) is 9.90 Å². The zero-order chi connectivity index (χ0) is 22.1. The lowest BCUT2D eigenvalue weighted by Gasteiger charge is -2.33. The van der Waals surface area contributed by atoms with Gasteiger partial charge in [-0.3, -0.25) is 4.79 Å². The summed E-state index contributed by atoms with van der Waals surface area (Å²) in [6, 6.07) is 19.7. The molecule has 2 aliphatic carbocycles. The summed E-state index contributed by atoms with van der Waals surface area (Å²) >= 11 is 0. The van der Waals surface area contributed by atoms with Gasteiger partial charge in [0.2, 0.25) is 0 Å². The lowest BCUT2D eigenvalue weighted by molar-refractivity contribution is -0.147. The summed E-state index contributed by atoms with van der Waals surface area (Å²) in [7, 11) is 0. The van der Waals surface area contributed by atoms with Gasteiger partial charge in [-0.25, -0.2) is 0 Å². The van der Waals surface area contributed by atoms with Crippen LogP contribution in [0.25, 0.3) is 0 Å². The van der Waals surface area contributed by atoms with Crippen molar-refractivity contribution in [1.29, 1.82) is 5.26 Å². The molecule has 1 heterocycles. The van der Waals surface area contributed by atoms with E-state index in [1.807, 2.05) is 54.6 Å². The van der Waals surface area contributed by atoms with Gasteiger partial charge < -0.3 is 15.3 Å². The Morgan fingerprint density at radius 2 is 1.72 bits per heavy atom. The number of carbonyl (C=O) groups excluding carboxylic acids is 1. The van der Waals surface area contributed by atoms with Crippen molar-refractivity contribution in [3.8, 4) is 6.07 Å². The molecule has 2 N–H and O–H groups in total. The number of nitrogens with zero attached hydrogens (tertiary/aromatic N) is 2. The maximum absolute atomic E-state index is 13.4. The second-order valence-corrected chi connectivity index (χ2v) is 9.76. The molecule has 2 unspecified atom stereocenters. The van der Waals surface area contributed by atoms with E-state index in [4.69, 9.17) is 5.26 Å². The molecule has 1 amide bonds. The third-order valence-corrected chi connectivity index (χ3v) is 7.87. The lowest BCUT2D eigenvalue weighted by Crippen LogP contribution is -2.51. The van der Waals surface area contributed by atoms with Gasteiger partial charge in [0, 0.05) is 31.6 Å². The summed E-state index contributed by atoms with van der Waals surface area (Å²) < 4.78 is 0. The van der Waals surface area contributed by atoms with E-state index in [0.717, 1.165) is 57.3 Å². The highest BCUT2D eigenvalue weighted by Crippen LogP contribution is 2.47. The van der Waals surface area contributed by atoms with Gasteiger partial charge in [-0.1, -0.05) is 55.3 Å². The largest absolute Gasteiger partial charge is 0.375 e. The van der Waals surface area contributed by atoms with Crippen molar-refractivity contribution in [3.63, 3.8) is 0 Å².